The second kappa shape index (κ2) is 4.00. The Balaban J connectivity index is 1.85. The van der Waals surface area contributed by atoms with Gasteiger partial charge in [0.15, 0.2) is 0 Å². The molecule has 2 aromatic rings. The Hall–Kier alpha value is -1.61. The molecule has 88 valence electrons. The lowest BCUT2D eigenvalue weighted by molar-refractivity contribution is -0.0924. The van der Waals surface area contributed by atoms with Gasteiger partial charge in [-0.25, -0.2) is 0 Å². The summed E-state index contributed by atoms with van der Waals surface area (Å²) < 4.78 is 5.26. The van der Waals surface area contributed by atoms with Crippen LogP contribution >= 0.6 is 0 Å². The number of fused-ring (bicyclic) bond motifs is 1. The predicted octanol–water partition coefficient (Wildman–Crippen LogP) is 2.68. The Morgan fingerprint density at radius 1 is 1.29 bits per heavy atom. The lowest BCUT2D eigenvalue weighted by atomic mass is 9.88. The van der Waals surface area contributed by atoms with Crippen LogP contribution in [0.2, 0.25) is 0 Å². The van der Waals surface area contributed by atoms with Crippen molar-refractivity contribution in [2.75, 3.05) is 25.1 Å². The van der Waals surface area contributed by atoms with Gasteiger partial charge in [-0.3, -0.25) is 4.98 Å². The quantitative estimate of drug-likeness (QED) is 0.877. The van der Waals surface area contributed by atoms with Crippen LogP contribution in [0.3, 0.4) is 0 Å². The van der Waals surface area contributed by atoms with Gasteiger partial charge in [-0.05, 0) is 24.3 Å². The van der Waals surface area contributed by atoms with Gasteiger partial charge in [-0.2, -0.15) is 0 Å². The van der Waals surface area contributed by atoms with Crippen LogP contribution in [0.4, 0.5) is 5.69 Å². The molecular weight excluding hydrogens is 212 g/mol. The van der Waals surface area contributed by atoms with Gasteiger partial charge in [0, 0.05) is 29.2 Å². The molecule has 3 rings (SSSR count). The van der Waals surface area contributed by atoms with Crippen LogP contribution < -0.4 is 5.32 Å². The topological polar surface area (TPSA) is 34.2 Å². The zero-order valence-electron chi connectivity index (χ0n) is 9.94. The molecule has 1 aliphatic heterocycles. The molecule has 0 spiro atoms. The van der Waals surface area contributed by atoms with Gasteiger partial charge >= 0.3 is 0 Å². The van der Waals surface area contributed by atoms with Gasteiger partial charge in [0.1, 0.15) is 0 Å². The highest BCUT2D eigenvalue weighted by Crippen LogP contribution is 2.28. The van der Waals surface area contributed by atoms with Crippen molar-refractivity contribution < 1.29 is 4.74 Å². The third-order valence-corrected chi connectivity index (χ3v) is 3.25. The van der Waals surface area contributed by atoms with E-state index >= 15 is 0 Å². The van der Waals surface area contributed by atoms with Gasteiger partial charge in [-0.1, -0.05) is 13.0 Å². The molecule has 0 saturated carbocycles. The summed E-state index contributed by atoms with van der Waals surface area (Å²) in [7, 11) is 0. The zero-order valence-corrected chi connectivity index (χ0v) is 9.94. The van der Waals surface area contributed by atoms with E-state index in [4.69, 9.17) is 4.74 Å². The van der Waals surface area contributed by atoms with Crippen molar-refractivity contribution in [2.24, 2.45) is 5.41 Å². The molecule has 1 N–H and O–H groups in total. The van der Waals surface area contributed by atoms with Gasteiger partial charge in [-0.15, -0.1) is 0 Å². The Kier molecular flexibility index (Phi) is 2.48. The van der Waals surface area contributed by atoms with Crippen LogP contribution in [0.25, 0.3) is 10.9 Å². The number of benzene rings is 1. The molecule has 0 atom stereocenters. The van der Waals surface area contributed by atoms with E-state index in [-0.39, 0.29) is 5.41 Å². The fourth-order valence-electron chi connectivity index (χ4n) is 2.12. The highest BCUT2D eigenvalue weighted by atomic mass is 16.5. The second-order valence-corrected chi connectivity index (χ2v) is 5.03. The van der Waals surface area contributed by atoms with Crippen LogP contribution in [-0.2, 0) is 4.74 Å². The van der Waals surface area contributed by atoms with Crippen molar-refractivity contribution in [2.45, 2.75) is 6.92 Å². The van der Waals surface area contributed by atoms with E-state index in [1.807, 2.05) is 24.4 Å². The monoisotopic (exact) mass is 228 g/mol. The van der Waals surface area contributed by atoms with Crippen LogP contribution in [0, 0.1) is 5.41 Å². The molecule has 17 heavy (non-hydrogen) atoms. The van der Waals surface area contributed by atoms with Crippen molar-refractivity contribution in [1.29, 1.82) is 0 Å². The number of nitrogens with one attached hydrogen (secondary N) is 1. The highest BCUT2D eigenvalue weighted by molar-refractivity contribution is 5.91. The molecule has 1 aromatic carbocycles. The van der Waals surface area contributed by atoms with Crippen LogP contribution in [0.15, 0.2) is 36.5 Å². The number of hydrogen-bond acceptors (Lipinski definition) is 3. The molecule has 1 fully saturated rings. The molecule has 0 amide bonds. The van der Waals surface area contributed by atoms with Crippen molar-refractivity contribution in [3.63, 3.8) is 0 Å². The Morgan fingerprint density at radius 2 is 2.18 bits per heavy atom. The summed E-state index contributed by atoms with van der Waals surface area (Å²) in [6.45, 7) is 4.89. The number of aromatic nitrogens is 1. The van der Waals surface area contributed by atoms with Crippen molar-refractivity contribution in [3.05, 3.63) is 36.5 Å². The molecule has 0 unspecified atom stereocenters. The summed E-state index contributed by atoms with van der Waals surface area (Å²) in [5.74, 6) is 0. The highest BCUT2D eigenvalue weighted by Gasteiger charge is 2.32. The van der Waals surface area contributed by atoms with E-state index in [9.17, 15) is 0 Å². The van der Waals surface area contributed by atoms with Crippen molar-refractivity contribution in [3.8, 4) is 0 Å². The van der Waals surface area contributed by atoms with E-state index < -0.39 is 0 Å². The summed E-state index contributed by atoms with van der Waals surface area (Å²) in [6, 6.07) is 10.3. The fourth-order valence-corrected chi connectivity index (χ4v) is 2.12. The average molecular weight is 228 g/mol. The standard InChI is InChI=1S/C14H16N2O/c1-14(9-17-10-14)8-16-13-6-2-5-12-11(13)4-3-7-15-12/h2-7,16H,8-10H2,1H3. The molecule has 0 radical (unpaired) electrons. The van der Waals surface area contributed by atoms with E-state index in [1.54, 1.807) is 0 Å². The van der Waals surface area contributed by atoms with Gasteiger partial charge in [0.05, 0.1) is 18.7 Å². The maximum atomic E-state index is 5.26. The molecule has 0 bridgehead atoms. The summed E-state index contributed by atoms with van der Waals surface area (Å²) in [6.07, 6.45) is 1.83. The second-order valence-electron chi connectivity index (χ2n) is 5.03. The van der Waals surface area contributed by atoms with E-state index in [1.165, 1.54) is 5.39 Å². The molecule has 3 nitrogen and oxygen atoms in total. The Labute approximate surface area is 101 Å². The first-order valence-corrected chi connectivity index (χ1v) is 5.92. The predicted molar refractivity (Wildman–Crippen MR) is 69.2 cm³/mol. The molecule has 2 heterocycles. The maximum absolute atomic E-state index is 5.26. The average Bonchev–Trinajstić information content (AvgIpc) is 2.34. The van der Waals surface area contributed by atoms with E-state index in [0.29, 0.717) is 0 Å². The number of nitrogens with zero attached hydrogens (tertiary/aromatic N) is 1. The minimum Gasteiger partial charge on any atom is -0.384 e. The first-order valence-electron chi connectivity index (χ1n) is 5.92. The first kappa shape index (κ1) is 10.5. The summed E-state index contributed by atoms with van der Waals surface area (Å²) in [5, 5.41) is 4.69. The number of pyridine rings is 1. The normalized spacial score (nSPS) is 17.7. The Morgan fingerprint density at radius 3 is 2.94 bits per heavy atom. The van der Waals surface area contributed by atoms with Crippen LogP contribution in [0.5, 0.6) is 0 Å². The van der Waals surface area contributed by atoms with Crippen molar-refractivity contribution in [1.82, 2.24) is 4.98 Å². The molecule has 3 heteroatoms. The fraction of sp³-hybridized carbons (Fsp3) is 0.357. The number of rotatable bonds is 3. The van der Waals surface area contributed by atoms with Crippen LogP contribution in [0.1, 0.15) is 6.92 Å². The van der Waals surface area contributed by atoms with E-state index in [2.05, 4.69) is 29.4 Å². The maximum Gasteiger partial charge on any atom is 0.0722 e. The van der Waals surface area contributed by atoms with E-state index in [0.717, 1.165) is 31.0 Å². The number of anilines is 1. The molecular formula is C14H16N2O. The smallest absolute Gasteiger partial charge is 0.0722 e. The van der Waals surface area contributed by atoms with Gasteiger partial charge in [0.25, 0.3) is 0 Å². The lowest BCUT2D eigenvalue weighted by Crippen LogP contribution is -2.45. The summed E-state index contributed by atoms with van der Waals surface area (Å²) in [5.41, 5.74) is 2.47. The Bertz CT molecular complexity index is 529. The van der Waals surface area contributed by atoms with Crippen molar-refractivity contribution >= 4 is 16.6 Å². The largest absolute Gasteiger partial charge is 0.384 e. The molecule has 0 aliphatic carbocycles. The zero-order chi connectivity index (χ0) is 11.7. The third kappa shape index (κ3) is 1.98. The molecule has 1 aliphatic rings. The summed E-state index contributed by atoms with van der Waals surface area (Å²) in [4.78, 5) is 4.36. The summed E-state index contributed by atoms with van der Waals surface area (Å²) >= 11 is 0. The lowest BCUT2D eigenvalue weighted by Gasteiger charge is -2.38. The third-order valence-electron chi connectivity index (χ3n) is 3.25. The number of hydrogen-bond donors (Lipinski definition) is 1. The van der Waals surface area contributed by atoms with Gasteiger partial charge < -0.3 is 10.1 Å². The van der Waals surface area contributed by atoms with Gasteiger partial charge in [0.2, 0.25) is 0 Å². The molecule has 1 aromatic heterocycles. The molecule has 1 saturated heterocycles. The number of ether oxygens (including phenoxy) is 1. The first-order chi connectivity index (χ1) is 8.27. The minimum atomic E-state index is 0.282. The minimum absolute atomic E-state index is 0.282. The SMILES string of the molecule is CC1(CNc2cccc3ncccc23)COC1. The van der Waals surface area contributed by atoms with Crippen LogP contribution in [-0.4, -0.2) is 24.7 Å².